The van der Waals surface area contributed by atoms with Crippen molar-refractivity contribution in [2.24, 2.45) is 0 Å². The molecule has 0 aliphatic rings. The molecule has 0 bridgehead atoms. The predicted octanol–water partition coefficient (Wildman–Crippen LogP) is 4.45. The van der Waals surface area contributed by atoms with Crippen LogP contribution in [0.5, 0.6) is 5.75 Å². The zero-order valence-electron chi connectivity index (χ0n) is 13.5. The Morgan fingerprint density at radius 2 is 2.00 bits per heavy atom. The van der Waals surface area contributed by atoms with Crippen molar-refractivity contribution >= 4 is 23.2 Å². The van der Waals surface area contributed by atoms with Gasteiger partial charge in [0, 0.05) is 28.9 Å². The Labute approximate surface area is 141 Å². The molecule has 122 valence electrons. The fourth-order valence-corrected chi connectivity index (χ4v) is 2.47. The second kappa shape index (κ2) is 7.99. The number of methoxy groups -OCH3 is 1. The van der Waals surface area contributed by atoms with Gasteiger partial charge >= 0.3 is 0 Å². The zero-order valence-corrected chi connectivity index (χ0v) is 14.2. The van der Waals surface area contributed by atoms with Crippen LogP contribution in [-0.4, -0.2) is 19.6 Å². The van der Waals surface area contributed by atoms with E-state index in [1.165, 1.54) is 0 Å². The van der Waals surface area contributed by atoms with E-state index < -0.39 is 0 Å². The Balaban J connectivity index is 2.23. The molecule has 0 fully saturated rings. The molecule has 4 nitrogen and oxygen atoms in total. The summed E-state index contributed by atoms with van der Waals surface area (Å²) >= 11 is 5.93. The van der Waals surface area contributed by atoms with E-state index >= 15 is 0 Å². The summed E-state index contributed by atoms with van der Waals surface area (Å²) < 4.78 is 10.7. The van der Waals surface area contributed by atoms with Crippen LogP contribution in [0.3, 0.4) is 0 Å². The van der Waals surface area contributed by atoms with Crippen molar-refractivity contribution in [2.75, 3.05) is 19.0 Å². The molecule has 0 aliphatic heterocycles. The Morgan fingerprint density at radius 1 is 1.22 bits per heavy atom. The van der Waals surface area contributed by atoms with Gasteiger partial charge in [-0.1, -0.05) is 11.6 Å². The summed E-state index contributed by atoms with van der Waals surface area (Å²) in [5, 5.41) is 3.54. The smallest absolute Gasteiger partial charge is 0.255 e. The summed E-state index contributed by atoms with van der Waals surface area (Å²) in [7, 11) is 1.61. The van der Waals surface area contributed by atoms with Crippen molar-refractivity contribution in [1.82, 2.24) is 0 Å². The number of rotatable bonds is 6. The highest BCUT2D eigenvalue weighted by molar-refractivity contribution is 6.30. The molecule has 0 saturated carbocycles. The number of halogens is 1. The lowest BCUT2D eigenvalue weighted by molar-refractivity contribution is 0.102. The second-order valence-electron chi connectivity index (χ2n) is 5.10. The van der Waals surface area contributed by atoms with E-state index in [2.05, 4.69) is 5.32 Å². The Morgan fingerprint density at radius 3 is 2.65 bits per heavy atom. The minimum absolute atomic E-state index is 0.184. The molecule has 1 amide bonds. The first kappa shape index (κ1) is 17.3. The van der Waals surface area contributed by atoms with E-state index in [-0.39, 0.29) is 5.91 Å². The van der Waals surface area contributed by atoms with Crippen LogP contribution in [0.15, 0.2) is 36.4 Å². The van der Waals surface area contributed by atoms with Gasteiger partial charge < -0.3 is 14.8 Å². The van der Waals surface area contributed by atoms with Gasteiger partial charge in [-0.05, 0) is 55.8 Å². The van der Waals surface area contributed by atoms with Crippen LogP contribution in [0.2, 0.25) is 5.02 Å². The number of carbonyl (C=O) groups is 1. The van der Waals surface area contributed by atoms with Crippen LogP contribution in [0.25, 0.3) is 0 Å². The van der Waals surface area contributed by atoms with E-state index in [0.717, 1.165) is 22.6 Å². The van der Waals surface area contributed by atoms with Gasteiger partial charge in [0.15, 0.2) is 0 Å². The molecule has 0 spiro atoms. The summed E-state index contributed by atoms with van der Waals surface area (Å²) in [6, 6.07) is 10.7. The summed E-state index contributed by atoms with van der Waals surface area (Å²) in [5.41, 5.74) is 3.04. The SMILES string of the molecule is CCOc1ccc(C(=O)Nc2ccc(Cl)cc2C)cc1COC. The van der Waals surface area contributed by atoms with E-state index in [9.17, 15) is 4.79 Å². The zero-order chi connectivity index (χ0) is 16.8. The normalized spacial score (nSPS) is 10.4. The fourth-order valence-electron chi connectivity index (χ4n) is 2.25. The molecule has 0 unspecified atom stereocenters. The number of hydrogen-bond acceptors (Lipinski definition) is 3. The first-order valence-electron chi connectivity index (χ1n) is 7.37. The molecule has 0 aliphatic carbocycles. The number of nitrogens with one attached hydrogen (secondary N) is 1. The van der Waals surface area contributed by atoms with Gasteiger partial charge in [0.1, 0.15) is 5.75 Å². The van der Waals surface area contributed by atoms with Crippen molar-refractivity contribution in [1.29, 1.82) is 0 Å². The molecule has 23 heavy (non-hydrogen) atoms. The summed E-state index contributed by atoms with van der Waals surface area (Å²) in [6.45, 7) is 4.76. The highest BCUT2D eigenvalue weighted by atomic mass is 35.5. The second-order valence-corrected chi connectivity index (χ2v) is 5.54. The van der Waals surface area contributed by atoms with Gasteiger partial charge in [-0.15, -0.1) is 0 Å². The summed E-state index contributed by atoms with van der Waals surface area (Å²) in [5.74, 6) is 0.546. The van der Waals surface area contributed by atoms with Gasteiger partial charge in [-0.2, -0.15) is 0 Å². The minimum atomic E-state index is -0.184. The van der Waals surface area contributed by atoms with Crippen molar-refractivity contribution < 1.29 is 14.3 Å². The number of ether oxygens (including phenoxy) is 2. The lowest BCUT2D eigenvalue weighted by Gasteiger charge is -2.13. The third-order valence-corrected chi connectivity index (χ3v) is 3.59. The van der Waals surface area contributed by atoms with E-state index in [4.69, 9.17) is 21.1 Å². The van der Waals surface area contributed by atoms with E-state index in [1.54, 1.807) is 37.4 Å². The quantitative estimate of drug-likeness (QED) is 0.849. The predicted molar refractivity (Wildman–Crippen MR) is 92.5 cm³/mol. The molecule has 0 saturated heterocycles. The van der Waals surface area contributed by atoms with Crippen LogP contribution in [0.4, 0.5) is 5.69 Å². The lowest BCUT2D eigenvalue weighted by Crippen LogP contribution is -2.13. The maximum Gasteiger partial charge on any atom is 0.255 e. The summed E-state index contributed by atoms with van der Waals surface area (Å²) in [4.78, 5) is 12.5. The fraction of sp³-hybridized carbons (Fsp3) is 0.278. The standard InChI is InChI=1S/C18H20ClNO3/c1-4-23-17-8-5-13(10-14(17)11-22-3)18(21)20-16-7-6-15(19)9-12(16)2/h5-10H,4,11H2,1-3H3,(H,20,21). The third kappa shape index (κ3) is 4.47. The Kier molecular flexibility index (Phi) is 6.02. The van der Waals surface area contributed by atoms with Crippen molar-refractivity contribution in [3.63, 3.8) is 0 Å². The number of benzene rings is 2. The first-order valence-corrected chi connectivity index (χ1v) is 7.75. The van der Waals surface area contributed by atoms with Crippen LogP contribution < -0.4 is 10.1 Å². The van der Waals surface area contributed by atoms with Crippen LogP contribution >= 0.6 is 11.6 Å². The maximum absolute atomic E-state index is 12.5. The number of hydrogen-bond donors (Lipinski definition) is 1. The average molecular weight is 334 g/mol. The van der Waals surface area contributed by atoms with E-state index in [1.807, 2.05) is 19.9 Å². The Hall–Kier alpha value is -2.04. The van der Waals surface area contributed by atoms with E-state index in [0.29, 0.717) is 23.8 Å². The monoisotopic (exact) mass is 333 g/mol. The highest BCUT2D eigenvalue weighted by Crippen LogP contribution is 2.23. The van der Waals surface area contributed by atoms with Gasteiger partial charge in [0.05, 0.1) is 13.2 Å². The molecule has 2 aromatic rings. The number of amides is 1. The van der Waals surface area contributed by atoms with Crippen LogP contribution in [0, 0.1) is 6.92 Å². The topological polar surface area (TPSA) is 47.6 Å². The summed E-state index contributed by atoms with van der Waals surface area (Å²) in [6.07, 6.45) is 0. The minimum Gasteiger partial charge on any atom is -0.494 e. The Bertz CT molecular complexity index is 701. The van der Waals surface area contributed by atoms with Gasteiger partial charge in [-0.3, -0.25) is 4.79 Å². The number of anilines is 1. The van der Waals surface area contributed by atoms with Crippen LogP contribution in [-0.2, 0) is 11.3 Å². The van der Waals surface area contributed by atoms with Crippen LogP contribution in [0.1, 0.15) is 28.4 Å². The molecule has 0 aromatic heterocycles. The lowest BCUT2D eigenvalue weighted by atomic mass is 10.1. The molecular formula is C18H20ClNO3. The van der Waals surface area contributed by atoms with Crippen molar-refractivity contribution in [3.05, 3.63) is 58.1 Å². The molecule has 0 heterocycles. The number of aryl methyl sites for hydroxylation is 1. The maximum atomic E-state index is 12.5. The largest absolute Gasteiger partial charge is 0.494 e. The molecule has 0 atom stereocenters. The first-order chi connectivity index (χ1) is 11.0. The molecule has 2 aromatic carbocycles. The average Bonchev–Trinajstić information content (AvgIpc) is 2.52. The van der Waals surface area contributed by atoms with Crippen molar-refractivity contribution in [2.45, 2.75) is 20.5 Å². The highest BCUT2D eigenvalue weighted by Gasteiger charge is 2.12. The molecule has 2 rings (SSSR count). The van der Waals surface area contributed by atoms with Gasteiger partial charge in [-0.25, -0.2) is 0 Å². The molecule has 1 N–H and O–H groups in total. The number of carbonyl (C=O) groups excluding carboxylic acids is 1. The molecular weight excluding hydrogens is 314 g/mol. The third-order valence-electron chi connectivity index (χ3n) is 3.36. The molecule has 5 heteroatoms. The van der Waals surface area contributed by atoms with Crippen molar-refractivity contribution in [3.8, 4) is 5.75 Å². The van der Waals surface area contributed by atoms with Gasteiger partial charge in [0.2, 0.25) is 0 Å². The van der Waals surface area contributed by atoms with Gasteiger partial charge in [0.25, 0.3) is 5.91 Å². The molecule has 0 radical (unpaired) electrons.